The predicted molar refractivity (Wildman–Crippen MR) is 74.5 cm³/mol. The minimum absolute atomic E-state index is 0.0244. The average Bonchev–Trinajstić information content (AvgIpc) is 3.37. The molecule has 2 rings (SSSR count). The Morgan fingerprint density at radius 3 is 2.13 bits per heavy atom. The fourth-order valence-electron chi connectivity index (χ4n) is 2.51. The van der Waals surface area contributed by atoms with E-state index < -0.39 is 45.6 Å². The third-order valence-electron chi connectivity index (χ3n) is 4.07. The Labute approximate surface area is 130 Å². The monoisotopic (exact) mass is 330 g/mol. The average molecular weight is 330 g/mol. The summed E-state index contributed by atoms with van der Waals surface area (Å²) in [6, 6.07) is -1.71. The Morgan fingerprint density at radius 2 is 1.65 bits per heavy atom. The van der Waals surface area contributed by atoms with Gasteiger partial charge in [0.1, 0.15) is 11.8 Å². The Hall–Kier alpha value is -2.30. The fraction of sp³-hybridized carbons (Fsp3) is 0.833. The maximum atomic E-state index is 12.1. The highest BCUT2D eigenvalue weighted by atomic mass is 16.6. The second-order valence-electron chi connectivity index (χ2n) is 5.73. The van der Waals surface area contributed by atoms with E-state index >= 15 is 0 Å². The van der Waals surface area contributed by atoms with E-state index in [-0.39, 0.29) is 39.1 Å². The first-order valence-electron chi connectivity index (χ1n) is 7.31. The molecule has 2 saturated carbocycles. The van der Waals surface area contributed by atoms with Crippen molar-refractivity contribution in [1.82, 2.24) is 10.2 Å². The van der Waals surface area contributed by atoms with E-state index in [0.29, 0.717) is 0 Å². The maximum absolute atomic E-state index is 12.1. The van der Waals surface area contributed by atoms with Crippen LogP contribution in [0.5, 0.6) is 0 Å². The summed E-state index contributed by atoms with van der Waals surface area (Å²) in [5, 5.41) is 32.6. The van der Waals surface area contributed by atoms with Crippen molar-refractivity contribution in [3.05, 3.63) is 20.2 Å². The molecule has 0 radical (unpaired) electrons. The molecule has 23 heavy (non-hydrogen) atoms. The number of nitrogens with one attached hydrogen (secondary N) is 1. The molecular weight excluding hydrogens is 312 g/mol. The summed E-state index contributed by atoms with van der Waals surface area (Å²) >= 11 is 0. The Morgan fingerprint density at radius 1 is 1.09 bits per heavy atom. The number of rotatable bonds is 9. The van der Waals surface area contributed by atoms with Gasteiger partial charge in [-0.1, -0.05) is 0 Å². The van der Waals surface area contributed by atoms with Gasteiger partial charge in [0, 0.05) is 42.3 Å². The first kappa shape index (κ1) is 17.1. The van der Waals surface area contributed by atoms with Gasteiger partial charge in [0.2, 0.25) is 23.9 Å². The van der Waals surface area contributed by atoms with E-state index in [0.717, 1.165) is 0 Å². The molecular formula is C12H18N4O7. The van der Waals surface area contributed by atoms with Crippen molar-refractivity contribution in [3.63, 3.8) is 0 Å². The molecule has 2 fully saturated rings. The van der Waals surface area contributed by atoms with Crippen LogP contribution >= 0.6 is 0 Å². The summed E-state index contributed by atoms with van der Waals surface area (Å²) in [5.74, 6) is -2.15. The molecule has 0 aromatic heterocycles. The third kappa shape index (κ3) is 4.12. The number of aliphatic hydroxyl groups excluding tert-OH is 1. The van der Waals surface area contributed by atoms with Gasteiger partial charge in [-0.2, -0.15) is 0 Å². The third-order valence-corrected chi connectivity index (χ3v) is 4.07. The van der Waals surface area contributed by atoms with Crippen LogP contribution < -0.4 is 5.32 Å². The van der Waals surface area contributed by atoms with E-state index in [1.54, 1.807) is 0 Å². The lowest BCUT2D eigenvalue weighted by Crippen LogP contribution is -2.42. The predicted octanol–water partition coefficient (Wildman–Crippen LogP) is -1.75. The molecule has 0 heterocycles. The molecule has 2 aliphatic rings. The number of aliphatic hydroxyl groups is 1. The summed E-state index contributed by atoms with van der Waals surface area (Å²) < 4.78 is 0. The highest BCUT2D eigenvalue weighted by Crippen LogP contribution is 2.35. The number of carbonyl (C=O) groups excluding carboxylic acids is 2. The van der Waals surface area contributed by atoms with E-state index in [2.05, 4.69) is 5.32 Å². The van der Waals surface area contributed by atoms with Crippen LogP contribution in [0.25, 0.3) is 0 Å². The van der Waals surface area contributed by atoms with Gasteiger partial charge in [-0.25, -0.2) is 0 Å². The van der Waals surface area contributed by atoms with Crippen LogP contribution in [0.4, 0.5) is 0 Å². The number of nitrogens with zero attached hydrogens (tertiary/aromatic N) is 3. The molecule has 0 aromatic carbocycles. The minimum atomic E-state index is -0.870. The summed E-state index contributed by atoms with van der Waals surface area (Å²) in [4.78, 5) is 45.1. The first-order valence-corrected chi connectivity index (χ1v) is 7.31. The summed E-state index contributed by atoms with van der Waals surface area (Å²) in [5.41, 5.74) is 0. The van der Waals surface area contributed by atoms with Crippen LogP contribution in [0, 0.1) is 32.1 Å². The van der Waals surface area contributed by atoms with E-state index in [4.69, 9.17) is 5.11 Å². The maximum Gasteiger partial charge on any atom is 0.233 e. The van der Waals surface area contributed by atoms with Crippen molar-refractivity contribution < 1.29 is 24.5 Å². The quantitative estimate of drug-likeness (QED) is 0.375. The van der Waals surface area contributed by atoms with Gasteiger partial charge >= 0.3 is 0 Å². The van der Waals surface area contributed by atoms with E-state index in [1.807, 2.05) is 0 Å². The second-order valence-corrected chi connectivity index (χ2v) is 5.73. The molecule has 4 unspecified atom stereocenters. The standard InChI is InChI=1S/C12H18N4O7/c17-4-3-14(12(19)8-6-10(8)16(22)23)2-1-13-11(18)7-5-9(7)15(20)21/h7-10,17H,1-6H2,(H,13,18). The zero-order valence-corrected chi connectivity index (χ0v) is 12.3. The number of nitro groups is 2. The Bertz CT molecular complexity index is 526. The zero-order valence-electron chi connectivity index (χ0n) is 12.3. The normalized spacial score (nSPS) is 27.9. The SMILES string of the molecule is O=C(NCCN(CCO)C(=O)C1CC1[N+](=O)[O-])C1CC1[N+](=O)[O-]. The number of carbonyl (C=O) groups is 2. The van der Waals surface area contributed by atoms with Gasteiger partial charge in [0.25, 0.3) is 0 Å². The molecule has 0 aliphatic heterocycles. The van der Waals surface area contributed by atoms with E-state index in [1.165, 1.54) is 4.90 Å². The van der Waals surface area contributed by atoms with Crippen LogP contribution in [0.2, 0.25) is 0 Å². The molecule has 0 saturated heterocycles. The fourth-order valence-corrected chi connectivity index (χ4v) is 2.51. The molecule has 2 N–H and O–H groups in total. The largest absolute Gasteiger partial charge is 0.395 e. The number of hydrogen-bond acceptors (Lipinski definition) is 7. The molecule has 4 atom stereocenters. The number of amides is 2. The molecule has 11 nitrogen and oxygen atoms in total. The molecule has 0 bridgehead atoms. The van der Waals surface area contributed by atoms with Gasteiger partial charge in [0.15, 0.2) is 0 Å². The lowest BCUT2D eigenvalue weighted by atomic mass is 10.3. The van der Waals surface area contributed by atoms with Crippen molar-refractivity contribution >= 4 is 11.8 Å². The van der Waals surface area contributed by atoms with Crippen molar-refractivity contribution in [1.29, 1.82) is 0 Å². The summed E-state index contributed by atoms with van der Waals surface area (Å²) in [7, 11) is 0. The lowest BCUT2D eigenvalue weighted by Gasteiger charge is -2.21. The Balaban J connectivity index is 1.75. The van der Waals surface area contributed by atoms with Crippen LogP contribution in [-0.4, -0.2) is 70.0 Å². The molecule has 128 valence electrons. The Kier molecular flexibility index (Phi) is 5.08. The highest BCUT2D eigenvalue weighted by molar-refractivity contribution is 5.83. The summed E-state index contributed by atoms with van der Waals surface area (Å²) in [6.45, 7) is -0.0819. The molecule has 11 heteroatoms. The van der Waals surface area contributed by atoms with Crippen molar-refractivity contribution in [2.45, 2.75) is 24.9 Å². The van der Waals surface area contributed by atoms with Crippen molar-refractivity contribution in [2.75, 3.05) is 26.2 Å². The molecule has 0 spiro atoms. The van der Waals surface area contributed by atoms with Gasteiger partial charge in [0.05, 0.1) is 6.61 Å². The van der Waals surface area contributed by atoms with Gasteiger partial charge in [-0.05, 0) is 0 Å². The van der Waals surface area contributed by atoms with Crippen molar-refractivity contribution in [3.8, 4) is 0 Å². The second kappa shape index (κ2) is 6.86. The van der Waals surface area contributed by atoms with Gasteiger partial charge in [-0.3, -0.25) is 29.8 Å². The highest BCUT2D eigenvalue weighted by Gasteiger charge is 2.55. The van der Waals surface area contributed by atoms with Crippen LogP contribution in [0.15, 0.2) is 0 Å². The summed E-state index contributed by atoms with van der Waals surface area (Å²) in [6.07, 6.45) is 0.400. The topological polar surface area (TPSA) is 156 Å². The first-order chi connectivity index (χ1) is 10.9. The van der Waals surface area contributed by atoms with Crippen LogP contribution in [-0.2, 0) is 9.59 Å². The van der Waals surface area contributed by atoms with E-state index in [9.17, 15) is 29.8 Å². The zero-order chi connectivity index (χ0) is 17.1. The van der Waals surface area contributed by atoms with Crippen LogP contribution in [0.3, 0.4) is 0 Å². The van der Waals surface area contributed by atoms with Crippen molar-refractivity contribution in [2.24, 2.45) is 11.8 Å². The minimum Gasteiger partial charge on any atom is -0.395 e. The molecule has 2 amide bonds. The van der Waals surface area contributed by atoms with Gasteiger partial charge in [-0.15, -0.1) is 0 Å². The number of hydrogen-bond donors (Lipinski definition) is 2. The molecule has 2 aliphatic carbocycles. The molecule has 0 aromatic rings. The lowest BCUT2D eigenvalue weighted by molar-refractivity contribution is -0.497. The van der Waals surface area contributed by atoms with Gasteiger partial charge < -0.3 is 15.3 Å². The van der Waals surface area contributed by atoms with Crippen LogP contribution in [0.1, 0.15) is 12.8 Å². The smallest absolute Gasteiger partial charge is 0.233 e.